The third kappa shape index (κ3) is 4.25. The maximum Gasteiger partial charge on any atom is 0.417 e. The number of pyridine rings is 1. The molecular formula is C22H18ClF3N4O3. The normalized spacial score (nSPS) is 11.8. The fourth-order valence-corrected chi connectivity index (χ4v) is 3.80. The molecule has 1 aromatic carbocycles. The van der Waals surface area contributed by atoms with Gasteiger partial charge in [-0.2, -0.15) is 18.3 Å². The van der Waals surface area contributed by atoms with E-state index >= 15 is 0 Å². The van der Waals surface area contributed by atoms with Crippen molar-refractivity contribution in [2.75, 3.05) is 0 Å². The van der Waals surface area contributed by atoms with E-state index in [-0.39, 0.29) is 23.3 Å². The van der Waals surface area contributed by atoms with Crippen molar-refractivity contribution in [1.29, 1.82) is 0 Å². The average molecular weight is 479 g/mol. The Balaban J connectivity index is 1.90. The van der Waals surface area contributed by atoms with E-state index < -0.39 is 29.8 Å². The van der Waals surface area contributed by atoms with Crippen LogP contribution in [0.3, 0.4) is 0 Å². The summed E-state index contributed by atoms with van der Waals surface area (Å²) in [6, 6.07) is 8.68. The summed E-state index contributed by atoms with van der Waals surface area (Å²) in [5, 5.41) is 6.99. The average Bonchev–Trinajstić information content (AvgIpc) is 3.38. The fourth-order valence-electron chi connectivity index (χ4n) is 3.63. The maximum absolute atomic E-state index is 13.8. The van der Waals surface area contributed by atoms with E-state index in [4.69, 9.17) is 16.0 Å². The van der Waals surface area contributed by atoms with E-state index in [1.807, 2.05) is 0 Å². The minimum atomic E-state index is -4.79. The number of aromatic nitrogens is 3. The van der Waals surface area contributed by atoms with Crippen molar-refractivity contribution in [3.63, 3.8) is 0 Å². The van der Waals surface area contributed by atoms with Crippen LogP contribution >= 0.6 is 11.6 Å². The van der Waals surface area contributed by atoms with Gasteiger partial charge in [-0.1, -0.05) is 17.7 Å². The molecule has 0 spiro atoms. The van der Waals surface area contributed by atoms with Crippen LogP contribution in [0, 0.1) is 13.8 Å². The van der Waals surface area contributed by atoms with E-state index in [1.165, 1.54) is 17.9 Å². The SMILES string of the molecule is Cc1c(Cl)cccc1-n1nc(C)c2c(C(F)(F)F)cc(=O)n(CC(=O)NCc3ccco3)c21. The first kappa shape index (κ1) is 22.7. The number of hydrogen-bond acceptors (Lipinski definition) is 4. The summed E-state index contributed by atoms with van der Waals surface area (Å²) >= 11 is 6.21. The van der Waals surface area contributed by atoms with Gasteiger partial charge in [-0.15, -0.1) is 0 Å². The second-order valence-corrected chi connectivity index (χ2v) is 7.82. The van der Waals surface area contributed by atoms with Crippen molar-refractivity contribution in [3.8, 4) is 5.69 Å². The zero-order valence-electron chi connectivity index (χ0n) is 17.5. The number of rotatable bonds is 5. The summed E-state index contributed by atoms with van der Waals surface area (Å²) < 4.78 is 48.8. The van der Waals surface area contributed by atoms with Gasteiger partial charge in [-0.3, -0.25) is 14.2 Å². The Labute approximate surface area is 190 Å². The molecule has 0 aliphatic heterocycles. The van der Waals surface area contributed by atoms with Crippen LogP contribution in [-0.4, -0.2) is 20.3 Å². The van der Waals surface area contributed by atoms with Gasteiger partial charge in [0, 0.05) is 11.1 Å². The van der Waals surface area contributed by atoms with Crippen LogP contribution < -0.4 is 10.9 Å². The number of aryl methyl sites for hydroxylation is 1. The number of carbonyl (C=O) groups excluding carboxylic acids is 1. The smallest absolute Gasteiger partial charge is 0.417 e. The zero-order chi connectivity index (χ0) is 23.9. The zero-order valence-corrected chi connectivity index (χ0v) is 18.3. The molecule has 7 nitrogen and oxygen atoms in total. The number of furan rings is 1. The molecule has 1 amide bonds. The summed E-state index contributed by atoms with van der Waals surface area (Å²) in [6.45, 7) is 2.65. The maximum atomic E-state index is 13.8. The minimum Gasteiger partial charge on any atom is -0.467 e. The van der Waals surface area contributed by atoms with Crippen LogP contribution in [0.25, 0.3) is 16.7 Å². The summed E-state index contributed by atoms with van der Waals surface area (Å²) in [5.41, 5.74) is -1.24. The molecule has 33 heavy (non-hydrogen) atoms. The first-order valence-corrected chi connectivity index (χ1v) is 10.2. The fraction of sp³-hybridized carbons (Fsp3) is 0.227. The second-order valence-electron chi connectivity index (χ2n) is 7.42. The number of hydrogen-bond donors (Lipinski definition) is 1. The molecule has 0 bridgehead atoms. The third-order valence-electron chi connectivity index (χ3n) is 5.21. The number of halogens is 4. The van der Waals surface area contributed by atoms with Gasteiger partial charge in [-0.25, -0.2) is 4.68 Å². The molecule has 0 saturated heterocycles. The predicted molar refractivity (Wildman–Crippen MR) is 115 cm³/mol. The molecule has 1 N–H and O–H groups in total. The van der Waals surface area contributed by atoms with Gasteiger partial charge in [0.05, 0.1) is 35.1 Å². The van der Waals surface area contributed by atoms with Crippen LogP contribution in [0.1, 0.15) is 22.6 Å². The standard InChI is InChI=1S/C22H18ClF3N4O3/c1-12-16(23)6-3-7-17(12)30-21-20(13(2)28-30)15(22(24,25)26)9-19(32)29(21)11-18(31)27-10-14-5-4-8-33-14/h3-9H,10-11H2,1-2H3,(H,27,31). The summed E-state index contributed by atoms with van der Waals surface area (Å²) in [5.74, 6) is -0.0912. The highest BCUT2D eigenvalue weighted by Crippen LogP contribution is 2.36. The van der Waals surface area contributed by atoms with E-state index in [9.17, 15) is 22.8 Å². The molecule has 0 saturated carbocycles. The lowest BCUT2D eigenvalue weighted by atomic mass is 10.1. The largest absolute Gasteiger partial charge is 0.467 e. The van der Waals surface area contributed by atoms with Crippen molar-refractivity contribution >= 4 is 28.5 Å². The van der Waals surface area contributed by atoms with Gasteiger partial charge in [0.25, 0.3) is 5.56 Å². The van der Waals surface area contributed by atoms with Crippen molar-refractivity contribution < 1.29 is 22.4 Å². The predicted octanol–water partition coefficient (Wildman–Crippen LogP) is 4.39. The Bertz CT molecular complexity index is 1410. The van der Waals surface area contributed by atoms with Gasteiger partial charge in [0.1, 0.15) is 18.0 Å². The molecule has 4 aromatic rings. The molecule has 0 atom stereocenters. The monoisotopic (exact) mass is 478 g/mol. The van der Waals surface area contributed by atoms with Gasteiger partial charge < -0.3 is 9.73 Å². The summed E-state index contributed by atoms with van der Waals surface area (Å²) in [7, 11) is 0. The quantitative estimate of drug-likeness (QED) is 0.461. The minimum absolute atomic E-state index is 0.0569. The van der Waals surface area contributed by atoms with Crippen LogP contribution in [0.15, 0.2) is 51.9 Å². The molecule has 4 rings (SSSR count). The lowest BCUT2D eigenvalue weighted by Crippen LogP contribution is -2.33. The molecule has 0 unspecified atom stereocenters. The van der Waals surface area contributed by atoms with Crippen molar-refractivity contribution in [2.24, 2.45) is 0 Å². The first-order valence-electron chi connectivity index (χ1n) is 9.83. The number of alkyl halides is 3. The number of nitrogens with one attached hydrogen (secondary N) is 1. The first-order chi connectivity index (χ1) is 15.6. The number of amides is 1. The highest BCUT2D eigenvalue weighted by Gasteiger charge is 2.36. The molecule has 0 fully saturated rings. The topological polar surface area (TPSA) is 82.1 Å². The third-order valence-corrected chi connectivity index (χ3v) is 5.62. The Morgan fingerprint density at radius 3 is 2.64 bits per heavy atom. The van der Waals surface area contributed by atoms with Gasteiger partial charge in [-0.05, 0) is 43.7 Å². The number of fused-ring (bicyclic) bond motifs is 1. The van der Waals surface area contributed by atoms with E-state index in [0.29, 0.717) is 28.1 Å². The molecule has 3 aromatic heterocycles. The van der Waals surface area contributed by atoms with Crippen molar-refractivity contribution in [2.45, 2.75) is 33.1 Å². The molecule has 11 heteroatoms. The van der Waals surface area contributed by atoms with Crippen LogP contribution in [0.5, 0.6) is 0 Å². The second kappa shape index (κ2) is 8.43. The Hall–Kier alpha value is -3.53. The highest BCUT2D eigenvalue weighted by atomic mass is 35.5. The van der Waals surface area contributed by atoms with Crippen LogP contribution in [-0.2, 0) is 24.1 Å². The van der Waals surface area contributed by atoms with Gasteiger partial charge in [0.2, 0.25) is 5.91 Å². The van der Waals surface area contributed by atoms with E-state index in [2.05, 4.69) is 10.4 Å². The lowest BCUT2D eigenvalue weighted by Gasteiger charge is -2.15. The van der Waals surface area contributed by atoms with Crippen LogP contribution in [0.2, 0.25) is 5.02 Å². The Morgan fingerprint density at radius 1 is 1.21 bits per heavy atom. The number of nitrogens with zero attached hydrogens (tertiary/aromatic N) is 3. The summed E-state index contributed by atoms with van der Waals surface area (Å²) in [4.78, 5) is 25.4. The Kier molecular flexibility index (Phi) is 5.79. The lowest BCUT2D eigenvalue weighted by molar-refractivity contribution is -0.136. The van der Waals surface area contributed by atoms with Gasteiger partial charge >= 0.3 is 6.18 Å². The van der Waals surface area contributed by atoms with E-state index in [1.54, 1.807) is 37.3 Å². The Morgan fingerprint density at radius 2 is 1.97 bits per heavy atom. The summed E-state index contributed by atoms with van der Waals surface area (Å²) in [6.07, 6.45) is -3.35. The number of benzene rings is 1. The highest BCUT2D eigenvalue weighted by molar-refractivity contribution is 6.31. The number of carbonyl (C=O) groups is 1. The molecule has 172 valence electrons. The molecule has 3 heterocycles. The van der Waals surface area contributed by atoms with Crippen molar-refractivity contribution in [1.82, 2.24) is 19.7 Å². The molecule has 0 aliphatic carbocycles. The molecule has 0 radical (unpaired) electrons. The van der Waals surface area contributed by atoms with Crippen LogP contribution in [0.4, 0.5) is 13.2 Å². The molecule has 0 aliphatic rings. The van der Waals surface area contributed by atoms with Crippen molar-refractivity contribution in [3.05, 3.63) is 80.6 Å². The molecular weight excluding hydrogens is 461 g/mol. The van der Waals surface area contributed by atoms with Gasteiger partial charge in [0.15, 0.2) is 0 Å². The van der Waals surface area contributed by atoms with E-state index in [0.717, 1.165) is 4.57 Å².